The van der Waals surface area contributed by atoms with Crippen LogP contribution in [0.25, 0.3) is 0 Å². The van der Waals surface area contributed by atoms with Gasteiger partial charge in [-0.1, -0.05) is 11.6 Å². The van der Waals surface area contributed by atoms with Gasteiger partial charge in [0.1, 0.15) is 6.07 Å². The number of nitrogens with zero attached hydrogens (tertiary/aromatic N) is 2. The van der Waals surface area contributed by atoms with Gasteiger partial charge in [-0.2, -0.15) is 10.5 Å². The lowest BCUT2D eigenvalue weighted by molar-refractivity contribution is 1.26. The number of hydrogen-bond donors (Lipinski definition) is 1. The Morgan fingerprint density at radius 3 is 2.62 bits per heavy atom. The summed E-state index contributed by atoms with van der Waals surface area (Å²) < 4.78 is 0. The molecule has 0 aliphatic heterocycles. The number of anilines is 1. The number of nitrogens with two attached hydrogens (primary N) is 1. The summed E-state index contributed by atoms with van der Waals surface area (Å²) in [7, 11) is 0. The molecule has 1 rings (SSSR count). The second-order valence-electron chi connectivity index (χ2n) is 2.43. The van der Waals surface area contributed by atoms with Crippen molar-refractivity contribution in [1.82, 2.24) is 0 Å². The van der Waals surface area contributed by atoms with Crippen LogP contribution >= 0.6 is 11.6 Å². The Balaban J connectivity index is 3.33. The molecule has 64 valence electrons. The van der Waals surface area contributed by atoms with Gasteiger partial charge in [0.15, 0.2) is 0 Å². The van der Waals surface area contributed by atoms with Crippen LogP contribution in [-0.2, 0) is 6.42 Å². The predicted molar refractivity (Wildman–Crippen MR) is 49.9 cm³/mol. The molecule has 0 radical (unpaired) electrons. The molecule has 0 aliphatic rings. The van der Waals surface area contributed by atoms with Gasteiger partial charge in [0.05, 0.1) is 23.7 Å². The SMILES string of the molecule is N#CCc1c(Cl)ccc(C#N)c1N. The van der Waals surface area contributed by atoms with Gasteiger partial charge in [-0.25, -0.2) is 0 Å². The summed E-state index contributed by atoms with van der Waals surface area (Å²) in [6.07, 6.45) is 0.125. The first-order valence-electron chi connectivity index (χ1n) is 3.54. The Morgan fingerprint density at radius 1 is 1.38 bits per heavy atom. The van der Waals surface area contributed by atoms with E-state index in [-0.39, 0.29) is 6.42 Å². The zero-order valence-corrected chi connectivity index (χ0v) is 7.47. The summed E-state index contributed by atoms with van der Waals surface area (Å²) in [5.41, 5.74) is 6.81. The second-order valence-corrected chi connectivity index (χ2v) is 2.84. The first kappa shape index (κ1) is 9.38. The lowest BCUT2D eigenvalue weighted by Gasteiger charge is -2.04. The maximum absolute atomic E-state index is 8.65. The molecule has 3 nitrogen and oxygen atoms in total. The van der Waals surface area contributed by atoms with Gasteiger partial charge in [-0.15, -0.1) is 0 Å². The largest absolute Gasteiger partial charge is 0.397 e. The molecule has 0 heterocycles. The number of nitrogen functional groups attached to an aromatic ring is 1. The summed E-state index contributed by atoms with van der Waals surface area (Å²) in [4.78, 5) is 0. The summed E-state index contributed by atoms with van der Waals surface area (Å²) in [6, 6.07) is 6.98. The third-order valence-corrected chi connectivity index (χ3v) is 2.03. The van der Waals surface area contributed by atoms with E-state index in [0.717, 1.165) is 0 Å². The fourth-order valence-electron chi connectivity index (χ4n) is 0.994. The molecule has 1 aromatic carbocycles. The summed E-state index contributed by atoms with van der Waals surface area (Å²) in [5.74, 6) is 0. The Morgan fingerprint density at radius 2 is 2.08 bits per heavy atom. The highest BCUT2D eigenvalue weighted by atomic mass is 35.5. The molecule has 0 spiro atoms. The molecule has 0 bridgehead atoms. The highest BCUT2D eigenvalue weighted by Crippen LogP contribution is 2.25. The first-order valence-corrected chi connectivity index (χ1v) is 3.92. The van der Waals surface area contributed by atoms with Crippen LogP contribution in [0.3, 0.4) is 0 Å². The minimum absolute atomic E-state index is 0.125. The average Bonchev–Trinajstić information content (AvgIpc) is 2.12. The number of nitriles is 2. The van der Waals surface area contributed by atoms with Crippen LogP contribution in [-0.4, -0.2) is 0 Å². The van der Waals surface area contributed by atoms with Gasteiger partial charge < -0.3 is 5.73 Å². The van der Waals surface area contributed by atoms with Crippen LogP contribution < -0.4 is 5.73 Å². The fraction of sp³-hybridized carbons (Fsp3) is 0.111. The quantitative estimate of drug-likeness (QED) is 0.689. The zero-order valence-electron chi connectivity index (χ0n) is 6.71. The summed E-state index contributed by atoms with van der Waals surface area (Å²) in [5, 5.41) is 17.6. The Bertz CT molecular complexity index is 412. The van der Waals surface area contributed by atoms with E-state index >= 15 is 0 Å². The molecule has 0 aromatic heterocycles. The van der Waals surface area contributed by atoms with E-state index in [1.54, 1.807) is 12.1 Å². The van der Waals surface area contributed by atoms with Crippen LogP contribution in [0.4, 0.5) is 5.69 Å². The Kier molecular flexibility index (Phi) is 2.74. The molecular weight excluding hydrogens is 186 g/mol. The van der Waals surface area contributed by atoms with E-state index in [1.165, 1.54) is 0 Å². The van der Waals surface area contributed by atoms with Gasteiger partial charge in [-0.05, 0) is 12.1 Å². The highest BCUT2D eigenvalue weighted by molar-refractivity contribution is 6.31. The van der Waals surface area contributed by atoms with Gasteiger partial charge in [0, 0.05) is 10.6 Å². The third kappa shape index (κ3) is 1.72. The van der Waals surface area contributed by atoms with Crippen molar-refractivity contribution < 1.29 is 0 Å². The van der Waals surface area contributed by atoms with E-state index in [4.69, 9.17) is 27.9 Å². The van der Waals surface area contributed by atoms with Gasteiger partial charge in [0.2, 0.25) is 0 Å². The van der Waals surface area contributed by atoms with E-state index in [0.29, 0.717) is 21.8 Å². The number of rotatable bonds is 1. The van der Waals surface area contributed by atoms with Crippen molar-refractivity contribution in [1.29, 1.82) is 10.5 Å². The van der Waals surface area contributed by atoms with Crippen molar-refractivity contribution in [2.45, 2.75) is 6.42 Å². The molecule has 0 aliphatic carbocycles. The van der Waals surface area contributed by atoms with Crippen molar-refractivity contribution in [3.8, 4) is 12.1 Å². The maximum atomic E-state index is 8.65. The first-order chi connectivity index (χ1) is 6.20. The average molecular weight is 192 g/mol. The lowest BCUT2D eigenvalue weighted by Crippen LogP contribution is -1.97. The normalized spacial score (nSPS) is 8.85. The van der Waals surface area contributed by atoms with Crippen LogP contribution in [0.1, 0.15) is 11.1 Å². The monoisotopic (exact) mass is 191 g/mol. The number of hydrogen-bond acceptors (Lipinski definition) is 3. The van der Waals surface area contributed by atoms with Crippen molar-refractivity contribution in [3.05, 3.63) is 28.3 Å². The summed E-state index contributed by atoms with van der Waals surface area (Å²) >= 11 is 5.80. The van der Waals surface area contributed by atoms with E-state index in [9.17, 15) is 0 Å². The topological polar surface area (TPSA) is 73.6 Å². The molecule has 0 saturated heterocycles. The Labute approximate surface area is 81.0 Å². The van der Waals surface area contributed by atoms with Crippen molar-refractivity contribution >= 4 is 17.3 Å². The molecular formula is C9H6ClN3. The highest BCUT2D eigenvalue weighted by Gasteiger charge is 2.08. The predicted octanol–water partition coefficient (Wildman–Crippen LogP) is 1.86. The third-order valence-electron chi connectivity index (χ3n) is 1.68. The minimum atomic E-state index is 0.125. The van der Waals surface area contributed by atoms with Gasteiger partial charge in [0.25, 0.3) is 0 Å². The molecule has 0 fully saturated rings. The lowest BCUT2D eigenvalue weighted by atomic mass is 10.1. The van der Waals surface area contributed by atoms with Crippen LogP contribution in [0, 0.1) is 22.7 Å². The van der Waals surface area contributed by atoms with Crippen molar-refractivity contribution in [3.63, 3.8) is 0 Å². The fourth-order valence-corrected chi connectivity index (χ4v) is 1.23. The van der Waals surface area contributed by atoms with Crippen LogP contribution in [0.15, 0.2) is 12.1 Å². The zero-order chi connectivity index (χ0) is 9.84. The van der Waals surface area contributed by atoms with Crippen molar-refractivity contribution in [2.24, 2.45) is 0 Å². The molecule has 0 atom stereocenters. The van der Waals surface area contributed by atoms with E-state index in [2.05, 4.69) is 0 Å². The number of halogens is 1. The van der Waals surface area contributed by atoms with E-state index in [1.807, 2.05) is 12.1 Å². The van der Waals surface area contributed by atoms with Crippen LogP contribution in [0.5, 0.6) is 0 Å². The summed E-state index contributed by atoms with van der Waals surface area (Å²) in [6.45, 7) is 0. The molecule has 4 heteroatoms. The van der Waals surface area contributed by atoms with Gasteiger partial charge >= 0.3 is 0 Å². The molecule has 1 aromatic rings. The molecule has 13 heavy (non-hydrogen) atoms. The standard InChI is InChI=1S/C9H6ClN3/c10-8-2-1-6(5-12)9(13)7(8)3-4-11/h1-2H,3,13H2. The van der Waals surface area contributed by atoms with Gasteiger partial charge in [-0.3, -0.25) is 0 Å². The number of benzene rings is 1. The van der Waals surface area contributed by atoms with Crippen molar-refractivity contribution in [2.75, 3.05) is 5.73 Å². The molecule has 2 N–H and O–H groups in total. The maximum Gasteiger partial charge on any atom is 0.101 e. The molecule has 0 saturated carbocycles. The smallest absolute Gasteiger partial charge is 0.101 e. The minimum Gasteiger partial charge on any atom is -0.397 e. The van der Waals surface area contributed by atoms with E-state index < -0.39 is 0 Å². The molecule has 0 unspecified atom stereocenters. The molecule has 0 amide bonds. The Hall–Kier alpha value is -1.71. The second kappa shape index (κ2) is 3.80. The van der Waals surface area contributed by atoms with Crippen LogP contribution in [0.2, 0.25) is 5.02 Å².